The van der Waals surface area contributed by atoms with Gasteiger partial charge in [-0.15, -0.1) is 0 Å². The number of amides is 1. The molecule has 3 saturated heterocycles. The highest BCUT2D eigenvalue weighted by atomic mass is 16.5. The van der Waals surface area contributed by atoms with E-state index in [2.05, 4.69) is 30.0 Å². The monoisotopic (exact) mass is 528 g/mol. The Morgan fingerprint density at radius 3 is 2.67 bits per heavy atom. The molecule has 3 unspecified atom stereocenters. The summed E-state index contributed by atoms with van der Waals surface area (Å²) in [5, 5.41) is 8.34. The number of piperazine rings is 1. The molecule has 0 aliphatic carbocycles. The molecule has 6 heterocycles. The number of nitrogens with zero attached hydrogens (tertiary/aromatic N) is 7. The third-order valence-electron chi connectivity index (χ3n) is 8.40. The normalized spacial score (nSPS) is 23.1. The van der Waals surface area contributed by atoms with E-state index in [1.165, 1.54) is 0 Å². The van der Waals surface area contributed by atoms with Gasteiger partial charge >= 0.3 is 0 Å². The zero-order valence-corrected chi connectivity index (χ0v) is 21.8. The number of benzene rings is 1. The SMILES string of the molecule is O=C(CCCc1n[nH]c(=O)c2ccccc12)N1C2CCC1CN(c1ncc3ncn(C4CCCCO4)c3n1)C2. The van der Waals surface area contributed by atoms with E-state index < -0.39 is 0 Å². The lowest BCUT2D eigenvalue weighted by Crippen LogP contribution is -2.56. The maximum absolute atomic E-state index is 13.3. The Balaban J connectivity index is 1.02. The summed E-state index contributed by atoms with van der Waals surface area (Å²) in [6.07, 6.45) is 10.6. The van der Waals surface area contributed by atoms with Gasteiger partial charge in [-0.25, -0.2) is 15.1 Å². The molecule has 11 heteroatoms. The molecular weight excluding hydrogens is 496 g/mol. The Hall–Kier alpha value is -3.86. The van der Waals surface area contributed by atoms with E-state index in [9.17, 15) is 9.59 Å². The minimum Gasteiger partial charge on any atom is -0.358 e. The molecule has 0 spiro atoms. The van der Waals surface area contributed by atoms with Crippen molar-refractivity contribution >= 4 is 33.8 Å². The van der Waals surface area contributed by atoms with Gasteiger partial charge in [0.25, 0.3) is 5.56 Å². The van der Waals surface area contributed by atoms with Gasteiger partial charge in [-0.3, -0.25) is 14.2 Å². The Morgan fingerprint density at radius 1 is 1.05 bits per heavy atom. The number of aromatic nitrogens is 6. The molecule has 1 amide bonds. The van der Waals surface area contributed by atoms with Gasteiger partial charge in [0.15, 0.2) is 5.65 Å². The molecule has 3 atom stereocenters. The van der Waals surface area contributed by atoms with E-state index in [-0.39, 0.29) is 29.8 Å². The van der Waals surface area contributed by atoms with Crippen molar-refractivity contribution in [3.63, 3.8) is 0 Å². The van der Waals surface area contributed by atoms with Crippen molar-refractivity contribution in [2.24, 2.45) is 0 Å². The lowest BCUT2D eigenvalue weighted by Gasteiger charge is -2.41. The van der Waals surface area contributed by atoms with Crippen LogP contribution in [0.1, 0.15) is 56.9 Å². The largest absolute Gasteiger partial charge is 0.358 e. The van der Waals surface area contributed by atoms with Crippen molar-refractivity contribution in [1.29, 1.82) is 0 Å². The van der Waals surface area contributed by atoms with Crippen LogP contribution in [-0.2, 0) is 16.0 Å². The molecule has 3 aliphatic heterocycles. The molecule has 202 valence electrons. The highest BCUT2D eigenvalue weighted by Gasteiger charge is 2.43. The predicted molar refractivity (Wildman–Crippen MR) is 145 cm³/mol. The number of H-pyrrole nitrogens is 1. The highest BCUT2D eigenvalue weighted by molar-refractivity contribution is 5.83. The summed E-state index contributed by atoms with van der Waals surface area (Å²) in [4.78, 5) is 43.8. The van der Waals surface area contributed by atoms with Crippen LogP contribution in [0.15, 0.2) is 41.6 Å². The Morgan fingerprint density at radius 2 is 1.87 bits per heavy atom. The zero-order chi connectivity index (χ0) is 26.3. The molecule has 2 bridgehead atoms. The zero-order valence-electron chi connectivity index (χ0n) is 21.8. The molecule has 0 saturated carbocycles. The van der Waals surface area contributed by atoms with E-state index >= 15 is 0 Å². The van der Waals surface area contributed by atoms with Crippen LogP contribution in [-0.4, -0.2) is 72.3 Å². The molecule has 3 fully saturated rings. The number of hydrogen-bond acceptors (Lipinski definition) is 8. The average molecular weight is 529 g/mol. The first-order valence-corrected chi connectivity index (χ1v) is 14.0. The topological polar surface area (TPSA) is 122 Å². The molecule has 3 aromatic heterocycles. The lowest BCUT2D eigenvalue weighted by atomic mass is 10.1. The summed E-state index contributed by atoms with van der Waals surface area (Å²) in [5.41, 5.74) is 2.22. The summed E-state index contributed by atoms with van der Waals surface area (Å²) < 4.78 is 8.01. The van der Waals surface area contributed by atoms with Gasteiger partial charge in [0.05, 0.1) is 23.6 Å². The standard InChI is InChI=1S/C28H32N8O3/c37-24(9-5-8-22-20-6-1-2-7-21(20)27(38)33-32-22)36-18-11-12-19(36)16-34(15-18)28-29-14-23-26(31-28)35(17-30-23)25-10-3-4-13-39-25/h1-2,6-7,14,17-19,25H,3-5,8-13,15-16H2,(H,33,38). The van der Waals surface area contributed by atoms with Gasteiger partial charge in [0.2, 0.25) is 11.9 Å². The maximum atomic E-state index is 13.3. The van der Waals surface area contributed by atoms with E-state index in [0.29, 0.717) is 30.6 Å². The Kier molecular flexibility index (Phi) is 6.22. The summed E-state index contributed by atoms with van der Waals surface area (Å²) >= 11 is 0. The van der Waals surface area contributed by atoms with E-state index in [0.717, 1.165) is 74.0 Å². The Labute approximate surface area is 225 Å². The van der Waals surface area contributed by atoms with Crippen LogP contribution in [0.2, 0.25) is 0 Å². The van der Waals surface area contributed by atoms with Crippen molar-refractivity contribution in [2.45, 2.75) is 69.7 Å². The number of anilines is 1. The molecule has 39 heavy (non-hydrogen) atoms. The van der Waals surface area contributed by atoms with Crippen molar-refractivity contribution in [3.05, 3.63) is 52.8 Å². The molecule has 11 nitrogen and oxygen atoms in total. The van der Waals surface area contributed by atoms with Crippen LogP contribution < -0.4 is 10.5 Å². The van der Waals surface area contributed by atoms with E-state index in [1.54, 1.807) is 12.3 Å². The Bertz CT molecular complexity index is 1560. The molecule has 4 aromatic rings. The summed E-state index contributed by atoms with van der Waals surface area (Å²) in [7, 11) is 0. The fourth-order valence-electron chi connectivity index (χ4n) is 6.50. The van der Waals surface area contributed by atoms with Crippen LogP contribution in [0.5, 0.6) is 0 Å². The lowest BCUT2D eigenvalue weighted by molar-refractivity contribution is -0.134. The van der Waals surface area contributed by atoms with Crippen molar-refractivity contribution < 1.29 is 9.53 Å². The second-order valence-corrected chi connectivity index (χ2v) is 10.8. The van der Waals surface area contributed by atoms with Crippen LogP contribution >= 0.6 is 0 Å². The first-order valence-electron chi connectivity index (χ1n) is 14.0. The number of imidazole rings is 1. The van der Waals surface area contributed by atoms with Crippen molar-refractivity contribution in [2.75, 3.05) is 24.6 Å². The smallest absolute Gasteiger partial charge is 0.272 e. The first kappa shape index (κ1) is 24.2. The fraction of sp³-hybridized carbons (Fsp3) is 0.500. The van der Waals surface area contributed by atoms with Crippen LogP contribution in [0.3, 0.4) is 0 Å². The molecular formula is C28H32N8O3. The number of carbonyl (C=O) groups excluding carboxylic acids is 1. The van der Waals surface area contributed by atoms with Gasteiger partial charge < -0.3 is 14.5 Å². The summed E-state index contributed by atoms with van der Waals surface area (Å²) in [5.74, 6) is 0.889. The number of aryl methyl sites for hydroxylation is 1. The van der Waals surface area contributed by atoms with Crippen molar-refractivity contribution in [3.8, 4) is 0 Å². The molecule has 0 radical (unpaired) electrons. The second kappa shape index (κ2) is 10.0. The number of carbonyl (C=O) groups is 1. The van der Waals surface area contributed by atoms with Crippen LogP contribution in [0, 0.1) is 0 Å². The number of ether oxygens (including phenoxy) is 1. The third kappa shape index (κ3) is 4.44. The van der Waals surface area contributed by atoms with E-state index in [4.69, 9.17) is 9.72 Å². The van der Waals surface area contributed by atoms with Crippen LogP contribution in [0.4, 0.5) is 5.95 Å². The summed E-state index contributed by atoms with van der Waals surface area (Å²) in [6, 6.07) is 7.81. The number of nitrogens with one attached hydrogen (secondary N) is 1. The number of rotatable bonds is 6. The van der Waals surface area contributed by atoms with Gasteiger partial charge in [-0.1, -0.05) is 18.2 Å². The van der Waals surface area contributed by atoms with Gasteiger partial charge in [0.1, 0.15) is 11.7 Å². The van der Waals surface area contributed by atoms with Crippen molar-refractivity contribution in [1.82, 2.24) is 34.6 Å². The average Bonchev–Trinajstić information content (AvgIpc) is 3.52. The molecule has 1 N–H and O–H groups in total. The minimum absolute atomic E-state index is 0.0264. The minimum atomic E-state index is -0.185. The summed E-state index contributed by atoms with van der Waals surface area (Å²) in [6.45, 7) is 2.22. The van der Waals surface area contributed by atoms with Crippen LogP contribution in [0.25, 0.3) is 21.9 Å². The fourth-order valence-corrected chi connectivity index (χ4v) is 6.50. The number of fused-ring (bicyclic) bond motifs is 4. The highest BCUT2D eigenvalue weighted by Crippen LogP contribution is 2.33. The van der Waals surface area contributed by atoms with Gasteiger partial charge in [-0.2, -0.15) is 10.1 Å². The third-order valence-corrected chi connectivity index (χ3v) is 8.40. The van der Waals surface area contributed by atoms with E-state index in [1.807, 2.05) is 29.1 Å². The molecule has 7 rings (SSSR count). The maximum Gasteiger partial charge on any atom is 0.272 e. The molecule has 3 aliphatic rings. The van der Waals surface area contributed by atoms with Gasteiger partial charge in [-0.05, 0) is 51.0 Å². The molecule has 1 aromatic carbocycles. The number of aromatic amines is 1. The van der Waals surface area contributed by atoms with Gasteiger partial charge in [0, 0.05) is 43.6 Å². The number of hydrogen-bond donors (Lipinski definition) is 1. The quantitative estimate of drug-likeness (QED) is 0.405. The first-order chi connectivity index (χ1) is 19.2. The predicted octanol–water partition coefficient (Wildman–Crippen LogP) is 2.96. The second-order valence-electron chi connectivity index (χ2n) is 10.8.